The van der Waals surface area contributed by atoms with E-state index in [1.807, 2.05) is 29.2 Å². The molecule has 4 bridgehead atoms. The molecule has 0 spiro atoms. The van der Waals surface area contributed by atoms with Crippen molar-refractivity contribution in [2.24, 2.45) is 23.5 Å². The van der Waals surface area contributed by atoms with Gasteiger partial charge >= 0.3 is 12.3 Å². The van der Waals surface area contributed by atoms with E-state index in [1.165, 1.54) is 43.2 Å². The largest absolute Gasteiger partial charge is 0.443 e. The highest BCUT2D eigenvalue weighted by molar-refractivity contribution is 7.99. The first-order valence-electron chi connectivity index (χ1n) is 15.9. The summed E-state index contributed by atoms with van der Waals surface area (Å²) in [6, 6.07) is 11.9. The fourth-order valence-corrected chi connectivity index (χ4v) is 9.52. The quantitative estimate of drug-likeness (QED) is 0.337. The number of aliphatic hydroxyl groups is 1. The number of benzene rings is 2. The fraction of sp³-hybridized carbons (Fsp3) is 0.606. The number of carbonyl (C=O) groups is 1. The molecular weight excluding hydrogens is 625 g/mol. The van der Waals surface area contributed by atoms with Gasteiger partial charge in [0, 0.05) is 49.1 Å². The van der Waals surface area contributed by atoms with Crippen molar-refractivity contribution in [3.8, 4) is 0 Å². The molecule has 0 atom stereocenters. The van der Waals surface area contributed by atoms with Gasteiger partial charge in [-0.1, -0.05) is 23.9 Å². The summed E-state index contributed by atoms with van der Waals surface area (Å²) in [5.74, 6) is 2.42. The molecule has 2 aromatic carbocycles. The second-order valence-corrected chi connectivity index (χ2v) is 14.3. The van der Waals surface area contributed by atoms with Gasteiger partial charge in [0.25, 0.3) is 0 Å². The Morgan fingerprint density at radius 2 is 1.47 bits per heavy atom. The zero-order valence-electron chi connectivity index (χ0n) is 25.5. The van der Waals surface area contributed by atoms with Crippen molar-refractivity contribution in [3.63, 3.8) is 0 Å². The van der Waals surface area contributed by atoms with E-state index >= 15 is 0 Å². The molecule has 45 heavy (non-hydrogen) atoms. The molecule has 12 heteroatoms. The van der Waals surface area contributed by atoms with Gasteiger partial charge in [-0.15, -0.1) is 12.4 Å². The molecule has 8 rings (SSSR count). The van der Waals surface area contributed by atoms with Gasteiger partial charge in [0.1, 0.15) is 5.60 Å². The Kier molecular flexibility index (Phi) is 10.9. The Bertz CT molecular complexity index is 1290. The van der Waals surface area contributed by atoms with E-state index in [4.69, 9.17) is 15.6 Å². The minimum absolute atomic E-state index is 0. The maximum absolute atomic E-state index is 13.3. The van der Waals surface area contributed by atoms with E-state index in [1.54, 1.807) is 6.07 Å². The van der Waals surface area contributed by atoms with Crippen molar-refractivity contribution in [2.75, 3.05) is 57.3 Å². The van der Waals surface area contributed by atoms with Crippen molar-refractivity contribution in [1.82, 2.24) is 9.80 Å². The molecule has 0 radical (unpaired) electrons. The summed E-state index contributed by atoms with van der Waals surface area (Å²) in [6.45, 7) is 6.29. The highest BCUT2D eigenvalue weighted by atomic mass is 35.5. The first kappa shape index (κ1) is 34.2. The molecule has 1 amide bonds. The number of fused-ring (bicyclic) bond motifs is 2. The normalized spacial score (nSPS) is 27.1. The van der Waals surface area contributed by atoms with Crippen LogP contribution in [-0.4, -0.2) is 79.0 Å². The minimum atomic E-state index is -4.35. The number of primary amides is 1. The van der Waals surface area contributed by atoms with Crippen molar-refractivity contribution in [1.29, 1.82) is 0 Å². The van der Waals surface area contributed by atoms with E-state index in [9.17, 15) is 18.0 Å². The molecule has 2 aliphatic heterocycles. The molecule has 3 N–H and O–H groups in total. The Morgan fingerprint density at radius 3 is 2.04 bits per heavy atom. The van der Waals surface area contributed by atoms with Crippen LogP contribution in [0, 0.1) is 17.8 Å². The average molecular weight is 669 g/mol. The van der Waals surface area contributed by atoms with Gasteiger partial charge in [-0.3, -0.25) is 4.90 Å². The first-order valence-corrected chi connectivity index (χ1v) is 16.7. The molecule has 0 unspecified atom stereocenters. The monoisotopic (exact) mass is 668 g/mol. The number of halogens is 4. The number of carbonyl (C=O) groups excluding carboxylic acids is 1. The minimum Gasteiger partial charge on any atom is -0.443 e. The zero-order valence-corrected chi connectivity index (χ0v) is 27.1. The number of aliphatic hydroxyl groups excluding tert-OH is 1. The van der Waals surface area contributed by atoms with Gasteiger partial charge in [-0.25, -0.2) is 4.79 Å². The van der Waals surface area contributed by atoms with Crippen molar-refractivity contribution in [2.45, 2.75) is 66.5 Å². The second kappa shape index (κ2) is 14.3. The number of nitrogens with two attached hydrogens (primary N) is 1. The van der Waals surface area contributed by atoms with Gasteiger partial charge in [0.05, 0.1) is 23.5 Å². The number of amides is 1. The van der Waals surface area contributed by atoms with Crippen molar-refractivity contribution < 1.29 is 27.8 Å². The lowest BCUT2D eigenvalue weighted by atomic mass is 9.54. The summed E-state index contributed by atoms with van der Waals surface area (Å²) in [7, 11) is 0. The van der Waals surface area contributed by atoms with Gasteiger partial charge in [-0.2, -0.15) is 13.2 Å². The predicted octanol–water partition coefficient (Wildman–Crippen LogP) is 6.78. The standard InChI is InChI=1S/C22H26F3N3OS.C11H17NO2.ClH/c23-22(24,25)17-6-7-21-19(16-17)28(18-4-1-2-5-20(18)30-21)9-3-8-26-10-12-27(13-11-26)14-15-29;12-10(13)14-11-4-7-1-8(5-11)3-9(2-7)6-11;/h1-2,4-7,16,29H,3,8-15H2;7-9H,1-6H2,(H2,12,13);1H. The third-order valence-corrected chi connectivity index (χ3v) is 11.1. The lowest BCUT2D eigenvalue weighted by molar-refractivity contribution is -0.137. The van der Waals surface area contributed by atoms with Crippen LogP contribution in [0.15, 0.2) is 52.3 Å². The van der Waals surface area contributed by atoms with Crippen LogP contribution >= 0.6 is 24.2 Å². The third kappa shape index (κ3) is 8.04. The number of piperazine rings is 1. The maximum Gasteiger partial charge on any atom is 0.416 e. The number of hydrogen-bond donors (Lipinski definition) is 2. The van der Waals surface area contributed by atoms with Crippen molar-refractivity contribution in [3.05, 3.63) is 48.0 Å². The number of hydrogen-bond acceptors (Lipinski definition) is 7. The number of ether oxygens (including phenoxy) is 1. The smallest absolute Gasteiger partial charge is 0.416 e. The number of nitrogens with zero attached hydrogens (tertiary/aromatic N) is 3. The number of β-amino-alcohol motifs (C(OH)–C–C–N with tert-alkyl or cyclic N) is 1. The van der Waals surface area contributed by atoms with Crippen molar-refractivity contribution >= 4 is 41.6 Å². The molecule has 0 aromatic heterocycles. The molecule has 7 nitrogen and oxygen atoms in total. The van der Waals surface area contributed by atoms with Crippen LogP contribution < -0.4 is 10.6 Å². The maximum atomic E-state index is 13.3. The van der Waals surface area contributed by atoms with E-state index in [-0.39, 0.29) is 24.6 Å². The average Bonchev–Trinajstić information content (AvgIpc) is 2.96. The van der Waals surface area contributed by atoms with E-state index in [0.717, 1.165) is 91.6 Å². The van der Waals surface area contributed by atoms with Gasteiger partial charge in [0.15, 0.2) is 0 Å². The number of rotatable bonds is 7. The van der Waals surface area contributed by atoms with E-state index in [0.29, 0.717) is 18.8 Å². The Labute approximate surface area is 274 Å². The predicted molar refractivity (Wildman–Crippen MR) is 172 cm³/mol. The van der Waals surface area contributed by atoms with E-state index in [2.05, 4.69) is 9.80 Å². The molecule has 6 aliphatic rings. The number of anilines is 2. The molecular formula is C33H44ClF3N4O3S. The molecule has 5 fully saturated rings. The van der Waals surface area contributed by atoms with E-state index < -0.39 is 17.8 Å². The van der Waals surface area contributed by atoms with Crippen LogP contribution in [0.2, 0.25) is 0 Å². The Balaban J connectivity index is 0.000000222. The molecule has 2 aromatic rings. The topological polar surface area (TPSA) is 82.3 Å². The summed E-state index contributed by atoms with van der Waals surface area (Å²) < 4.78 is 45.3. The zero-order chi connectivity index (χ0) is 30.9. The van der Waals surface area contributed by atoms with Crippen LogP contribution in [0.3, 0.4) is 0 Å². The van der Waals surface area contributed by atoms with Crippen LogP contribution in [0.4, 0.5) is 29.3 Å². The van der Waals surface area contributed by atoms with Gasteiger partial charge in [-0.05, 0) is 99.6 Å². The fourth-order valence-electron chi connectivity index (χ4n) is 8.45. The van der Waals surface area contributed by atoms with Gasteiger partial charge in [0.2, 0.25) is 0 Å². The first-order chi connectivity index (χ1) is 21.1. The van der Waals surface area contributed by atoms with Crippen LogP contribution in [-0.2, 0) is 10.9 Å². The Morgan fingerprint density at radius 1 is 0.889 bits per heavy atom. The lowest BCUT2D eigenvalue weighted by Crippen LogP contribution is -2.53. The van der Waals surface area contributed by atoms with Crippen LogP contribution in [0.1, 0.15) is 50.5 Å². The summed E-state index contributed by atoms with van der Waals surface area (Å²) in [4.78, 5) is 19.5. The number of para-hydroxylation sites is 1. The third-order valence-electron chi connectivity index (χ3n) is 9.99. The molecule has 248 valence electrons. The Hall–Kier alpha value is -2.18. The molecule has 1 saturated heterocycles. The summed E-state index contributed by atoms with van der Waals surface area (Å²) >= 11 is 1.53. The van der Waals surface area contributed by atoms with Crippen LogP contribution in [0.5, 0.6) is 0 Å². The molecule has 2 heterocycles. The van der Waals surface area contributed by atoms with Crippen LogP contribution in [0.25, 0.3) is 0 Å². The summed E-state index contributed by atoms with van der Waals surface area (Å²) in [6.07, 6.45) is 3.24. The lowest BCUT2D eigenvalue weighted by Gasteiger charge is -2.55. The van der Waals surface area contributed by atoms with Gasteiger partial charge < -0.3 is 25.4 Å². The summed E-state index contributed by atoms with van der Waals surface area (Å²) in [5, 5.41) is 9.07. The molecule has 4 aliphatic carbocycles. The number of alkyl halides is 3. The highest BCUT2D eigenvalue weighted by Gasteiger charge is 2.53. The SMILES string of the molecule is Cl.NC(=O)OC12CC3CC(CC(C3)C1)C2.OCCN1CCN(CCCN2c3ccccc3Sc3ccc(C(F)(F)F)cc32)CC1. The second-order valence-electron chi connectivity index (χ2n) is 13.2. The molecule has 4 saturated carbocycles. The highest BCUT2D eigenvalue weighted by Crippen LogP contribution is 2.57. The summed E-state index contributed by atoms with van der Waals surface area (Å²) in [5.41, 5.74) is 6.01.